The van der Waals surface area contributed by atoms with Crippen LogP contribution in [-0.2, 0) is 12.8 Å². The Morgan fingerprint density at radius 3 is 2.44 bits per heavy atom. The summed E-state index contributed by atoms with van der Waals surface area (Å²) in [5.74, 6) is 0.444. The molecule has 0 saturated carbocycles. The highest BCUT2D eigenvalue weighted by Crippen LogP contribution is 2.37. The SMILES string of the molecule is NC(=O)c1c(NC(=S)NC(=O)c2cccc(OCCOc3ccccc3)c2)sc2c1CCCC2. The Labute approximate surface area is 207 Å². The number of hydrogen-bond donors (Lipinski definition) is 3. The molecule has 1 aromatic heterocycles. The van der Waals surface area contributed by atoms with Crippen molar-refractivity contribution >= 4 is 45.5 Å². The molecule has 2 aromatic carbocycles. The summed E-state index contributed by atoms with van der Waals surface area (Å²) in [6.07, 6.45) is 3.86. The number of carbonyl (C=O) groups excluding carboxylic acids is 2. The molecule has 0 radical (unpaired) electrons. The number of fused-ring (bicyclic) bond motifs is 1. The largest absolute Gasteiger partial charge is 0.490 e. The van der Waals surface area contributed by atoms with E-state index in [4.69, 9.17) is 27.4 Å². The fraction of sp³-hybridized carbons (Fsp3) is 0.240. The van der Waals surface area contributed by atoms with E-state index < -0.39 is 5.91 Å². The number of ether oxygens (including phenoxy) is 2. The van der Waals surface area contributed by atoms with Crippen molar-refractivity contribution in [2.45, 2.75) is 25.7 Å². The predicted molar refractivity (Wildman–Crippen MR) is 137 cm³/mol. The standard InChI is InChI=1S/C25H25N3O4S2/c26-22(29)21-19-11-4-5-12-20(19)34-24(21)28-25(33)27-23(30)16-7-6-10-18(15-16)32-14-13-31-17-8-2-1-3-9-17/h1-3,6-10,15H,4-5,11-14H2,(H2,26,29)(H2,27,28,30,33). The van der Waals surface area contributed by atoms with Crippen molar-refractivity contribution in [3.05, 3.63) is 76.2 Å². The number of hydrogen-bond acceptors (Lipinski definition) is 6. The van der Waals surface area contributed by atoms with Gasteiger partial charge in [0.1, 0.15) is 29.7 Å². The highest BCUT2D eigenvalue weighted by molar-refractivity contribution is 7.80. The van der Waals surface area contributed by atoms with Gasteiger partial charge in [-0.15, -0.1) is 11.3 Å². The minimum Gasteiger partial charge on any atom is -0.490 e. The van der Waals surface area contributed by atoms with E-state index in [0.29, 0.717) is 35.1 Å². The van der Waals surface area contributed by atoms with Gasteiger partial charge in [-0.05, 0) is 73.8 Å². The van der Waals surface area contributed by atoms with Crippen molar-refractivity contribution in [1.82, 2.24) is 5.32 Å². The Kier molecular flexibility index (Phi) is 7.76. The molecule has 0 unspecified atom stereocenters. The van der Waals surface area contributed by atoms with Crippen LogP contribution in [0.1, 0.15) is 44.0 Å². The van der Waals surface area contributed by atoms with Gasteiger partial charge in [-0.1, -0.05) is 24.3 Å². The van der Waals surface area contributed by atoms with Crippen LogP contribution >= 0.6 is 23.6 Å². The fourth-order valence-electron chi connectivity index (χ4n) is 3.79. The second-order valence-electron chi connectivity index (χ2n) is 7.73. The lowest BCUT2D eigenvalue weighted by atomic mass is 9.95. The summed E-state index contributed by atoms with van der Waals surface area (Å²) in [6.45, 7) is 0.709. The lowest BCUT2D eigenvalue weighted by Gasteiger charge is -2.12. The molecule has 9 heteroatoms. The van der Waals surface area contributed by atoms with E-state index in [9.17, 15) is 9.59 Å². The van der Waals surface area contributed by atoms with Crippen LogP contribution in [-0.4, -0.2) is 30.1 Å². The monoisotopic (exact) mass is 495 g/mol. The normalized spacial score (nSPS) is 12.4. The van der Waals surface area contributed by atoms with E-state index in [-0.39, 0.29) is 11.0 Å². The maximum absolute atomic E-state index is 12.7. The van der Waals surface area contributed by atoms with E-state index in [2.05, 4.69) is 10.6 Å². The number of nitrogens with one attached hydrogen (secondary N) is 2. The summed E-state index contributed by atoms with van der Waals surface area (Å²) >= 11 is 6.80. The molecule has 176 valence electrons. The smallest absolute Gasteiger partial charge is 0.257 e. The molecule has 3 aromatic rings. The molecule has 0 saturated heterocycles. The van der Waals surface area contributed by atoms with Crippen LogP contribution in [0.25, 0.3) is 0 Å². The van der Waals surface area contributed by atoms with Crippen molar-refractivity contribution in [3.8, 4) is 11.5 Å². The average Bonchev–Trinajstić information content (AvgIpc) is 3.20. The summed E-state index contributed by atoms with van der Waals surface area (Å²) in [4.78, 5) is 25.9. The zero-order valence-corrected chi connectivity index (χ0v) is 20.1. The molecule has 0 atom stereocenters. The first-order valence-corrected chi connectivity index (χ1v) is 12.2. The van der Waals surface area contributed by atoms with E-state index in [0.717, 1.165) is 41.9 Å². The Morgan fingerprint density at radius 1 is 0.971 bits per heavy atom. The number of nitrogens with two attached hydrogens (primary N) is 1. The first-order chi connectivity index (χ1) is 16.5. The minimum absolute atomic E-state index is 0.105. The number of thiophene rings is 1. The summed E-state index contributed by atoms with van der Waals surface area (Å²) in [6, 6.07) is 16.3. The molecule has 1 heterocycles. The molecule has 1 aliphatic carbocycles. The van der Waals surface area contributed by atoms with Gasteiger partial charge < -0.3 is 20.5 Å². The van der Waals surface area contributed by atoms with Crippen molar-refractivity contribution in [1.29, 1.82) is 0 Å². The van der Waals surface area contributed by atoms with Crippen molar-refractivity contribution in [2.75, 3.05) is 18.5 Å². The number of thiocarbonyl (C=S) groups is 1. The van der Waals surface area contributed by atoms with Crippen LogP contribution in [0.3, 0.4) is 0 Å². The van der Waals surface area contributed by atoms with E-state index >= 15 is 0 Å². The fourth-order valence-corrected chi connectivity index (χ4v) is 5.35. The van der Waals surface area contributed by atoms with Crippen LogP contribution in [0.15, 0.2) is 54.6 Å². The van der Waals surface area contributed by atoms with Gasteiger partial charge in [-0.2, -0.15) is 0 Å². The Hall–Kier alpha value is -3.43. The van der Waals surface area contributed by atoms with Gasteiger partial charge in [0.25, 0.3) is 11.8 Å². The van der Waals surface area contributed by atoms with Gasteiger partial charge in [0.15, 0.2) is 5.11 Å². The molecule has 7 nitrogen and oxygen atoms in total. The lowest BCUT2D eigenvalue weighted by Crippen LogP contribution is -2.34. The molecule has 4 N–H and O–H groups in total. The van der Waals surface area contributed by atoms with Crippen molar-refractivity contribution in [3.63, 3.8) is 0 Å². The lowest BCUT2D eigenvalue weighted by molar-refractivity contribution is 0.0975. The van der Waals surface area contributed by atoms with Crippen molar-refractivity contribution < 1.29 is 19.1 Å². The number of aryl methyl sites for hydroxylation is 1. The van der Waals surface area contributed by atoms with E-state index in [1.807, 2.05) is 30.3 Å². The topological polar surface area (TPSA) is 103 Å². The van der Waals surface area contributed by atoms with Gasteiger partial charge in [-0.3, -0.25) is 14.9 Å². The molecule has 4 rings (SSSR count). The number of para-hydroxylation sites is 1. The second-order valence-corrected chi connectivity index (χ2v) is 9.24. The Bertz CT molecular complexity index is 1190. The Morgan fingerprint density at radius 2 is 1.68 bits per heavy atom. The van der Waals surface area contributed by atoms with Gasteiger partial charge in [0.2, 0.25) is 0 Å². The van der Waals surface area contributed by atoms with Crippen LogP contribution in [0.4, 0.5) is 5.00 Å². The highest BCUT2D eigenvalue weighted by atomic mass is 32.1. The van der Waals surface area contributed by atoms with Gasteiger partial charge >= 0.3 is 0 Å². The molecule has 0 aliphatic heterocycles. The third kappa shape index (κ3) is 5.92. The molecular weight excluding hydrogens is 470 g/mol. The zero-order chi connectivity index (χ0) is 23.9. The molecule has 0 spiro atoms. The van der Waals surface area contributed by atoms with Gasteiger partial charge in [0.05, 0.1) is 5.56 Å². The number of rotatable bonds is 8. The molecule has 0 fully saturated rings. The predicted octanol–water partition coefficient (Wildman–Crippen LogP) is 4.31. The summed E-state index contributed by atoms with van der Waals surface area (Å²) in [5.41, 5.74) is 7.50. The second kappa shape index (κ2) is 11.1. The number of carbonyl (C=O) groups is 2. The molecule has 2 amide bonds. The Balaban J connectivity index is 1.32. The van der Waals surface area contributed by atoms with Gasteiger partial charge in [0, 0.05) is 10.4 Å². The van der Waals surface area contributed by atoms with Crippen LogP contribution in [0.5, 0.6) is 11.5 Å². The maximum Gasteiger partial charge on any atom is 0.257 e. The third-order valence-corrected chi connectivity index (χ3v) is 6.74. The van der Waals surface area contributed by atoms with Crippen molar-refractivity contribution in [2.24, 2.45) is 5.73 Å². The van der Waals surface area contributed by atoms with Gasteiger partial charge in [-0.25, -0.2) is 0 Å². The minimum atomic E-state index is -0.489. The summed E-state index contributed by atoms with van der Waals surface area (Å²) in [5, 5.41) is 6.34. The number of primary amides is 1. The zero-order valence-electron chi connectivity index (χ0n) is 18.5. The molecule has 1 aliphatic rings. The number of anilines is 1. The highest BCUT2D eigenvalue weighted by Gasteiger charge is 2.24. The summed E-state index contributed by atoms with van der Waals surface area (Å²) < 4.78 is 11.3. The number of benzene rings is 2. The first kappa shape index (κ1) is 23.7. The molecule has 0 bridgehead atoms. The third-order valence-electron chi connectivity index (χ3n) is 5.33. The van der Waals surface area contributed by atoms with E-state index in [1.54, 1.807) is 24.3 Å². The van der Waals surface area contributed by atoms with Crippen LogP contribution in [0, 0.1) is 0 Å². The molecular formula is C25H25N3O4S2. The molecule has 34 heavy (non-hydrogen) atoms. The van der Waals surface area contributed by atoms with Crippen LogP contribution < -0.4 is 25.8 Å². The van der Waals surface area contributed by atoms with E-state index in [1.165, 1.54) is 11.3 Å². The first-order valence-electron chi connectivity index (χ1n) is 11.0. The summed E-state index contributed by atoms with van der Waals surface area (Å²) in [7, 11) is 0. The average molecular weight is 496 g/mol. The quantitative estimate of drug-likeness (QED) is 0.318. The maximum atomic E-state index is 12.7. The number of amides is 2. The van der Waals surface area contributed by atoms with Crippen LogP contribution in [0.2, 0.25) is 0 Å².